The zero-order chi connectivity index (χ0) is 29.7. The summed E-state index contributed by atoms with van der Waals surface area (Å²) in [6, 6.07) is 8.32. The number of benzene rings is 2. The Bertz CT molecular complexity index is 1160. The zero-order valence-corrected chi connectivity index (χ0v) is 24.3. The molecule has 0 fully saturated rings. The van der Waals surface area contributed by atoms with Gasteiger partial charge in [0.25, 0.3) is 0 Å². The van der Waals surface area contributed by atoms with Crippen LogP contribution in [0.4, 0.5) is 4.39 Å². The second-order valence-corrected chi connectivity index (χ2v) is 11.5. The van der Waals surface area contributed by atoms with Crippen molar-refractivity contribution in [3.8, 4) is 5.75 Å². The summed E-state index contributed by atoms with van der Waals surface area (Å²) in [5.41, 5.74) is 8.12. The number of carbonyl (C=O) groups excluding carboxylic acids is 3. The van der Waals surface area contributed by atoms with Crippen molar-refractivity contribution < 1.29 is 23.9 Å². The van der Waals surface area contributed by atoms with Crippen LogP contribution in [0.3, 0.4) is 0 Å². The van der Waals surface area contributed by atoms with Gasteiger partial charge < -0.3 is 26.0 Å². The van der Waals surface area contributed by atoms with Gasteiger partial charge in [0.05, 0.1) is 6.04 Å². The molecule has 214 valence electrons. The van der Waals surface area contributed by atoms with Gasteiger partial charge in [-0.1, -0.05) is 58.9 Å². The minimum atomic E-state index is -0.928. The molecule has 8 nitrogen and oxygen atoms in total. The molecule has 39 heavy (non-hydrogen) atoms. The standard InChI is InChI=1S/C30H43FN4O4/c1-18(2)26(35(8)28(38)23(32)16-19-9-12-21(31)13-10-19)29(39)34(7)24(27(37)33-6)17-20-11-14-25(36)22(15-20)30(3,4)5/h9-15,18,23-24,26,36H,16-17,32H2,1-8H3,(H,33,37). The maximum Gasteiger partial charge on any atom is 0.246 e. The lowest BCUT2D eigenvalue weighted by Gasteiger charge is -2.37. The zero-order valence-electron chi connectivity index (χ0n) is 24.3. The van der Waals surface area contributed by atoms with Crippen LogP contribution in [-0.2, 0) is 32.6 Å². The van der Waals surface area contributed by atoms with Crippen molar-refractivity contribution in [1.29, 1.82) is 0 Å². The third-order valence-corrected chi connectivity index (χ3v) is 7.00. The molecule has 0 bridgehead atoms. The Morgan fingerprint density at radius 1 is 0.949 bits per heavy atom. The molecule has 2 rings (SSSR count). The topological polar surface area (TPSA) is 116 Å². The molecule has 0 aliphatic heterocycles. The molecular weight excluding hydrogens is 499 g/mol. The first-order valence-electron chi connectivity index (χ1n) is 13.2. The Morgan fingerprint density at radius 3 is 2.03 bits per heavy atom. The van der Waals surface area contributed by atoms with E-state index in [0.29, 0.717) is 5.56 Å². The lowest BCUT2D eigenvalue weighted by Crippen LogP contribution is -2.58. The molecule has 4 N–H and O–H groups in total. The van der Waals surface area contributed by atoms with Crippen molar-refractivity contribution in [2.24, 2.45) is 11.7 Å². The average Bonchev–Trinajstić information content (AvgIpc) is 2.87. The van der Waals surface area contributed by atoms with Crippen LogP contribution in [0.1, 0.15) is 51.3 Å². The van der Waals surface area contributed by atoms with Crippen LogP contribution in [-0.4, -0.2) is 71.9 Å². The fraction of sp³-hybridized carbons (Fsp3) is 0.500. The number of nitrogens with two attached hydrogens (primary N) is 1. The van der Waals surface area contributed by atoms with Gasteiger partial charge in [-0.15, -0.1) is 0 Å². The van der Waals surface area contributed by atoms with Crippen molar-refractivity contribution in [3.05, 3.63) is 65.0 Å². The maximum atomic E-state index is 13.8. The van der Waals surface area contributed by atoms with Crippen LogP contribution in [0, 0.1) is 11.7 Å². The Balaban J connectivity index is 2.30. The van der Waals surface area contributed by atoms with E-state index in [2.05, 4.69) is 5.32 Å². The van der Waals surface area contributed by atoms with Gasteiger partial charge in [-0.25, -0.2) is 4.39 Å². The van der Waals surface area contributed by atoms with Crippen molar-refractivity contribution in [1.82, 2.24) is 15.1 Å². The molecule has 0 radical (unpaired) electrons. The molecule has 3 atom stereocenters. The van der Waals surface area contributed by atoms with Crippen molar-refractivity contribution in [2.75, 3.05) is 21.1 Å². The number of carbonyl (C=O) groups is 3. The number of likely N-dealkylation sites (N-methyl/N-ethyl adjacent to an activating group) is 3. The summed E-state index contributed by atoms with van der Waals surface area (Å²) < 4.78 is 13.3. The van der Waals surface area contributed by atoms with Gasteiger partial charge >= 0.3 is 0 Å². The van der Waals surface area contributed by atoms with Gasteiger partial charge in [0.2, 0.25) is 17.7 Å². The SMILES string of the molecule is CNC(=O)C(Cc1ccc(O)c(C(C)(C)C)c1)N(C)C(=O)C(C(C)C)N(C)C(=O)C(N)Cc1ccc(F)cc1. The number of aromatic hydroxyl groups is 1. The quantitative estimate of drug-likeness (QED) is 0.427. The van der Waals surface area contributed by atoms with Crippen LogP contribution < -0.4 is 11.1 Å². The van der Waals surface area contributed by atoms with Crippen LogP contribution in [0.25, 0.3) is 0 Å². The number of halogens is 1. The Morgan fingerprint density at radius 2 is 1.51 bits per heavy atom. The number of nitrogens with one attached hydrogen (secondary N) is 1. The fourth-order valence-electron chi connectivity index (χ4n) is 4.73. The highest BCUT2D eigenvalue weighted by Gasteiger charge is 2.37. The first kappa shape index (κ1) is 31.8. The molecule has 0 spiro atoms. The molecule has 0 saturated carbocycles. The van der Waals surface area contributed by atoms with Gasteiger partial charge in [0.15, 0.2) is 0 Å². The molecule has 9 heteroatoms. The first-order chi connectivity index (χ1) is 18.1. The Labute approximate surface area is 231 Å². The number of hydrogen-bond acceptors (Lipinski definition) is 5. The average molecular weight is 543 g/mol. The molecule has 0 aliphatic carbocycles. The minimum Gasteiger partial charge on any atom is -0.508 e. The van der Waals surface area contributed by atoms with Crippen molar-refractivity contribution in [3.63, 3.8) is 0 Å². The van der Waals surface area contributed by atoms with E-state index in [4.69, 9.17) is 5.73 Å². The summed E-state index contributed by atoms with van der Waals surface area (Å²) in [5.74, 6) is -1.64. The van der Waals surface area contributed by atoms with Gasteiger partial charge in [-0.3, -0.25) is 14.4 Å². The molecule has 3 unspecified atom stereocenters. The lowest BCUT2D eigenvalue weighted by molar-refractivity contribution is -0.149. The molecule has 3 amide bonds. The molecule has 2 aromatic rings. The third kappa shape index (κ3) is 8.02. The minimum absolute atomic E-state index is 0.171. The van der Waals surface area contributed by atoms with Crippen LogP contribution in [0.2, 0.25) is 0 Å². The van der Waals surface area contributed by atoms with E-state index in [-0.39, 0.29) is 41.6 Å². The number of nitrogens with zero attached hydrogens (tertiary/aromatic N) is 2. The van der Waals surface area contributed by atoms with Crippen LogP contribution >= 0.6 is 0 Å². The van der Waals surface area contributed by atoms with E-state index in [1.54, 1.807) is 31.3 Å². The highest BCUT2D eigenvalue weighted by atomic mass is 19.1. The van der Waals surface area contributed by atoms with E-state index in [1.165, 1.54) is 36.0 Å². The third-order valence-electron chi connectivity index (χ3n) is 7.00. The first-order valence-corrected chi connectivity index (χ1v) is 13.2. The number of hydrogen-bond donors (Lipinski definition) is 3. The molecule has 0 heterocycles. The second kappa shape index (κ2) is 13.1. The van der Waals surface area contributed by atoms with Gasteiger partial charge in [-0.05, 0) is 52.6 Å². The van der Waals surface area contributed by atoms with Crippen molar-refractivity contribution in [2.45, 2.75) is 71.0 Å². The number of phenolic OH excluding ortho intramolecular Hbond substituents is 1. The summed E-state index contributed by atoms with van der Waals surface area (Å²) in [7, 11) is 4.60. The summed E-state index contributed by atoms with van der Waals surface area (Å²) in [6.45, 7) is 9.61. The summed E-state index contributed by atoms with van der Waals surface area (Å²) in [5, 5.41) is 13.0. The van der Waals surface area contributed by atoms with E-state index < -0.39 is 29.9 Å². The van der Waals surface area contributed by atoms with E-state index in [0.717, 1.165) is 11.1 Å². The Kier molecular flexibility index (Phi) is 10.6. The monoisotopic (exact) mass is 542 g/mol. The molecule has 2 aromatic carbocycles. The van der Waals surface area contributed by atoms with E-state index >= 15 is 0 Å². The smallest absolute Gasteiger partial charge is 0.246 e. The van der Waals surface area contributed by atoms with Gasteiger partial charge in [0.1, 0.15) is 23.7 Å². The summed E-state index contributed by atoms with van der Waals surface area (Å²) in [6.07, 6.45) is 0.411. The van der Waals surface area contributed by atoms with Gasteiger partial charge in [-0.2, -0.15) is 0 Å². The molecule has 0 saturated heterocycles. The number of amides is 3. The molecule has 0 aromatic heterocycles. The molecular formula is C30H43FN4O4. The van der Waals surface area contributed by atoms with E-state index in [1.807, 2.05) is 40.7 Å². The highest BCUT2D eigenvalue weighted by Crippen LogP contribution is 2.32. The largest absolute Gasteiger partial charge is 0.508 e. The normalized spacial score (nSPS) is 13.9. The highest BCUT2D eigenvalue weighted by molar-refractivity contribution is 5.93. The summed E-state index contributed by atoms with van der Waals surface area (Å²) >= 11 is 0. The maximum absolute atomic E-state index is 13.8. The van der Waals surface area contributed by atoms with Crippen LogP contribution in [0.15, 0.2) is 42.5 Å². The fourth-order valence-corrected chi connectivity index (χ4v) is 4.73. The number of rotatable bonds is 10. The second-order valence-electron chi connectivity index (χ2n) is 11.5. The molecule has 0 aliphatic rings. The van der Waals surface area contributed by atoms with Gasteiger partial charge in [0, 0.05) is 27.6 Å². The van der Waals surface area contributed by atoms with E-state index in [9.17, 15) is 23.9 Å². The predicted octanol–water partition coefficient (Wildman–Crippen LogP) is 3.00. The number of phenols is 1. The summed E-state index contributed by atoms with van der Waals surface area (Å²) in [4.78, 5) is 42.7. The van der Waals surface area contributed by atoms with Crippen molar-refractivity contribution >= 4 is 17.7 Å². The predicted molar refractivity (Wildman–Crippen MR) is 151 cm³/mol. The lowest BCUT2D eigenvalue weighted by atomic mass is 9.84. The Hall–Kier alpha value is -3.46. The van der Waals surface area contributed by atoms with Crippen LogP contribution in [0.5, 0.6) is 5.75 Å².